The van der Waals surface area contributed by atoms with Gasteiger partial charge in [0.25, 0.3) is 0 Å². The summed E-state index contributed by atoms with van der Waals surface area (Å²) in [5.74, 6) is 0. The molecule has 1 aromatic carbocycles. The molecule has 1 heterocycles. The molecule has 1 N–H and O–H groups in total. The number of nitrogens with zero attached hydrogens (tertiary/aromatic N) is 1. The first kappa shape index (κ1) is 10.1. The van der Waals surface area contributed by atoms with Crippen molar-refractivity contribution < 1.29 is 0 Å². The number of nitrogens with one attached hydrogen (secondary N) is 1. The van der Waals surface area contributed by atoms with Gasteiger partial charge in [-0.25, -0.2) is 0 Å². The summed E-state index contributed by atoms with van der Waals surface area (Å²) in [6, 6.07) is 8.88. The van der Waals surface area contributed by atoms with Crippen molar-refractivity contribution in [2.75, 3.05) is 7.05 Å². The third kappa shape index (κ3) is 1.85. The average Bonchev–Trinajstić information content (AvgIpc) is 2.31. The maximum absolute atomic E-state index is 4.20. The fourth-order valence-electron chi connectivity index (χ4n) is 2.02. The van der Waals surface area contributed by atoms with Crippen molar-refractivity contribution in [3.63, 3.8) is 0 Å². The highest BCUT2D eigenvalue weighted by Crippen LogP contribution is 2.24. The molecule has 1 atom stereocenters. The number of hydrogen-bond donors (Lipinski definition) is 1. The van der Waals surface area contributed by atoms with Gasteiger partial charge in [0.05, 0.1) is 0 Å². The molecule has 15 heavy (non-hydrogen) atoms. The van der Waals surface area contributed by atoms with E-state index in [1.54, 1.807) is 0 Å². The van der Waals surface area contributed by atoms with Crippen molar-refractivity contribution in [2.45, 2.75) is 19.4 Å². The van der Waals surface area contributed by atoms with E-state index in [-0.39, 0.29) is 0 Å². The zero-order chi connectivity index (χ0) is 10.7. The van der Waals surface area contributed by atoms with Crippen LogP contribution in [0.15, 0.2) is 36.7 Å². The van der Waals surface area contributed by atoms with Crippen molar-refractivity contribution in [3.8, 4) is 0 Å². The Morgan fingerprint density at radius 3 is 2.93 bits per heavy atom. The van der Waals surface area contributed by atoms with Crippen LogP contribution in [0.3, 0.4) is 0 Å². The van der Waals surface area contributed by atoms with E-state index in [2.05, 4.69) is 41.5 Å². The maximum Gasteiger partial charge on any atom is 0.0349 e. The molecule has 0 radical (unpaired) electrons. The van der Waals surface area contributed by atoms with Crippen molar-refractivity contribution in [1.82, 2.24) is 10.3 Å². The van der Waals surface area contributed by atoms with Gasteiger partial charge in [-0.2, -0.15) is 0 Å². The predicted octanol–water partition coefficient (Wildman–Crippen LogP) is 2.91. The fourth-order valence-corrected chi connectivity index (χ4v) is 2.02. The van der Waals surface area contributed by atoms with Crippen molar-refractivity contribution in [1.29, 1.82) is 0 Å². The number of aromatic nitrogens is 1. The quantitative estimate of drug-likeness (QED) is 0.824. The van der Waals surface area contributed by atoms with Crippen molar-refractivity contribution in [3.05, 3.63) is 42.2 Å². The maximum atomic E-state index is 4.20. The van der Waals surface area contributed by atoms with Crippen LogP contribution >= 0.6 is 0 Å². The van der Waals surface area contributed by atoms with Crippen LogP contribution < -0.4 is 5.32 Å². The summed E-state index contributed by atoms with van der Waals surface area (Å²) in [4.78, 5) is 4.20. The number of pyridine rings is 1. The summed E-state index contributed by atoms with van der Waals surface area (Å²) in [6.07, 6.45) is 4.88. The highest BCUT2D eigenvalue weighted by atomic mass is 14.9. The molecule has 2 heteroatoms. The van der Waals surface area contributed by atoms with Crippen LogP contribution in [-0.4, -0.2) is 12.0 Å². The third-order valence-corrected chi connectivity index (χ3v) is 2.85. The Hall–Kier alpha value is -1.41. The summed E-state index contributed by atoms with van der Waals surface area (Å²) in [6.45, 7) is 2.19. The first-order valence-electron chi connectivity index (χ1n) is 5.36. The summed E-state index contributed by atoms with van der Waals surface area (Å²) < 4.78 is 0. The molecular formula is C13H16N2. The van der Waals surface area contributed by atoms with Crippen LogP contribution in [0.25, 0.3) is 10.8 Å². The summed E-state index contributed by atoms with van der Waals surface area (Å²) in [5.41, 5.74) is 1.34. The Labute approximate surface area is 90.3 Å². The van der Waals surface area contributed by atoms with E-state index in [1.807, 2.05) is 19.4 Å². The lowest BCUT2D eigenvalue weighted by molar-refractivity contribution is 0.581. The zero-order valence-electron chi connectivity index (χ0n) is 9.20. The lowest BCUT2D eigenvalue weighted by Gasteiger charge is -2.16. The molecule has 0 aliphatic rings. The normalized spacial score (nSPS) is 12.9. The number of rotatable bonds is 3. The molecular weight excluding hydrogens is 184 g/mol. The van der Waals surface area contributed by atoms with E-state index < -0.39 is 0 Å². The van der Waals surface area contributed by atoms with Crippen LogP contribution in [0.2, 0.25) is 0 Å². The van der Waals surface area contributed by atoms with Gasteiger partial charge in [0.15, 0.2) is 0 Å². The van der Waals surface area contributed by atoms with Gasteiger partial charge in [-0.1, -0.05) is 25.1 Å². The first-order valence-corrected chi connectivity index (χ1v) is 5.36. The fraction of sp³-hybridized carbons (Fsp3) is 0.308. The number of benzene rings is 1. The Bertz CT molecular complexity index is 442. The highest BCUT2D eigenvalue weighted by molar-refractivity contribution is 5.85. The summed E-state index contributed by atoms with van der Waals surface area (Å²) in [5, 5.41) is 5.84. The monoisotopic (exact) mass is 200 g/mol. The van der Waals surface area contributed by atoms with Gasteiger partial charge in [0.1, 0.15) is 0 Å². The van der Waals surface area contributed by atoms with Crippen molar-refractivity contribution in [2.24, 2.45) is 0 Å². The molecule has 0 aliphatic heterocycles. The van der Waals surface area contributed by atoms with Gasteiger partial charge in [-0.3, -0.25) is 4.98 Å². The molecule has 0 saturated carbocycles. The topological polar surface area (TPSA) is 24.9 Å². The molecule has 0 spiro atoms. The van der Waals surface area contributed by atoms with E-state index in [0.29, 0.717) is 6.04 Å². The second-order valence-electron chi connectivity index (χ2n) is 3.69. The molecule has 2 aromatic rings. The highest BCUT2D eigenvalue weighted by Gasteiger charge is 2.09. The Morgan fingerprint density at radius 1 is 1.33 bits per heavy atom. The van der Waals surface area contributed by atoms with Crippen LogP contribution in [0.1, 0.15) is 24.9 Å². The minimum Gasteiger partial charge on any atom is -0.313 e. The number of fused-ring (bicyclic) bond motifs is 1. The minimum atomic E-state index is 0.415. The van der Waals surface area contributed by atoms with Gasteiger partial charge in [0, 0.05) is 23.8 Å². The van der Waals surface area contributed by atoms with Crippen LogP contribution in [0, 0.1) is 0 Å². The van der Waals surface area contributed by atoms with E-state index in [0.717, 1.165) is 6.42 Å². The molecule has 2 rings (SSSR count). The van der Waals surface area contributed by atoms with Crippen LogP contribution in [0.5, 0.6) is 0 Å². The summed E-state index contributed by atoms with van der Waals surface area (Å²) >= 11 is 0. The van der Waals surface area contributed by atoms with Crippen LogP contribution in [-0.2, 0) is 0 Å². The second-order valence-corrected chi connectivity index (χ2v) is 3.69. The Morgan fingerprint density at radius 2 is 2.20 bits per heavy atom. The van der Waals surface area contributed by atoms with E-state index >= 15 is 0 Å². The molecule has 78 valence electrons. The molecule has 2 nitrogen and oxygen atoms in total. The minimum absolute atomic E-state index is 0.415. The molecule has 1 unspecified atom stereocenters. The smallest absolute Gasteiger partial charge is 0.0349 e. The van der Waals surface area contributed by atoms with Crippen LogP contribution in [0.4, 0.5) is 0 Å². The molecule has 0 amide bonds. The van der Waals surface area contributed by atoms with Gasteiger partial charge >= 0.3 is 0 Å². The zero-order valence-corrected chi connectivity index (χ0v) is 9.20. The van der Waals surface area contributed by atoms with Crippen molar-refractivity contribution >= 4 is 10.8 Å². The lowest BCUT2D eigenvalue weighted by Crippen LogP contribution is -2.15. The van der Waals surface area contributed by atoms with Gasteiger partial charge in [-0.05, 0) is 30.5 Å². The Kier molecular flexibility index (Phi) is 2.97. The van der Waals surface area contributed by atoms with E-state index in [1.165, 1.54) is 16.3 Å². The molecule has 0 aliphatic carbocycles. The summed E-state index contributed by atoms with van der Waals surface area (Å²) in [7, 11) is 2.00. The van der Waals surface area contributed by atoms with Gasteiger partial charge in [-0.15, -0.1) is 0 Å². The average molecular weight is 200 g/mol. The standard InChI is InChI=1S/C13H16N2/c1-3-13(14-2)11-6-4-5-10-7-8-15-9-12(10)11/h4-9,13-14H,3H2,1-2H3. The molecule has 0 saturated heterocycles. The first-order chi connectivity index (χ1) is 7.36. The molecule has 0 bridgehead atoms. The van der Waals surface area contributed by atoms with E-state index in [9.17, 15) is 0 Å². The largest absolute Gasteiger partial charge is 0.313 e. The second kappa shape index (κ2) is 4.41. The lowest BCUT2D eigenvalue weighted by atomic mass is 9.99. The van der Waals surface area contributed by atoms with E-state index in [4.69, 9.17) is 0 Å². The third-order valence-electron chi connectivity index (χ3n) is 2.85. The molecule has 1 aromatic heterocycles. The van der Waals surface area contributed by atoms with Gasteiger partial charge in [0.2, 0.25) is 0 Å². The Balaban J connectivity index is 2.59. The number of hydrogen-bond acceptors (Lipinski definition) is 2. The SMILES string of the molecule is CCC(NC)c1cccc2ccncc12. The van der Waals surface area contributed by atoms with Gasteiger partial charge < -0.3 is 5.32 Å². The predicted molar refractivity (Wildman–Crippen MR) is 63.8 cm³/mol. The molecule has 0 fully saturated rings.